The van der Waals surface area contributed by atoms with Crippen LogP contribution in [0.5, 0.6) is 0 Å². The Morgan fingerprint density at radius 1 is 1.35 bits per heavy atom. The molecule has 0 spiro atoms. The van der Waals surface area contributed by atoms with E-state index in [1.54, 1.807) is 13.8 Å². The van der Waals surface area contributed by atoms with E-state index in [2.05, 4.69) is 6.58 Å². The molecule has 0 aliphatic rings. The summed E-state index contributed by atoms with van der Waals surface area (Å²) in [5, 5.41) is 0. The summed E-state index contributed by atoms with van der Waals surface area (Å²) in [4.78, 5) is -0.365. The predicted molar refractivity (Wildman–Crippen MR) is 70.7 cm³/mol. The van der Waals surface area contributed by atoms with E-state index in [1.165, 1.54) is 0 Å². The molecule has 0 aromatic heterocycles. The molecule has 3 nitrogen and oxygen atoms in total. The van der Waals surface area contributed by atoms with Crippen LogP contribution in [0, 0.1) is 0 Å². The van der Waals surface area contributed by atoms with Gasteiger partial charge in [-0.15, -0.1) is 0 Å². The van der Waals surface area contributed by atoms with Crippen molar-refractivity contribution in [2.45, 2.75) is 24.9 Å². The molecular weight excluding hydrogens is 291 g/mol. The van der Waals surface area contributed by atoms with Crippen LogP contribution in [0.25, 0.3) is 0 Å². The fourth-order valence-corrected chi connectivity index (χ4v) is 3.20. The minimum Gasteiger partial charge on any atom is -0.207 e. The Bertz CT molecular complexity index is 594. The van der Waals surface area contributed by atoms with Gasteiger partial charge in [0.15, 0.2) is 0 Å². The maximum absolute atomic E-state index is 12.6. The van der Waals surface area contributed by atoms with Gasteiger partial charge in [-0.25, -0.2) is 8.42 Å². The Labute approximate surface area is 116 Å². The van der Waals surface area contributed by atoms with Crippen molar-refractivity contribution in [3.05, 3.63) is 42.0 Å². The second-order valence-corrected chi connectivity index (χ2v) is 6.35. The number of sulfonamides is 1. The molecule has 0 heterocycles. The minimum absolute atomic E-state index is 0.0785. The van der Waals surface area contributed by atoms with Crippen LogP contribution in [0.15, 0.2) is 41.3 Å². The Balaban J connectivity index is 3.25. The van der Waals surface area contributed by atoms with E-state index in [1.807, 2.05) is 0 Å². The van der Waals surface area contributed by atoms with Gasteiger partial charge in [0.1, 0.15) is 0 Å². The van der Waals surface area contributed by atoms with Crippen molar-refractivity contribution in [2.24, 2.45) is 0 Å². The molecule has 1 rings (SSSR count). The molecule has 20 heavy (non-hydrogen) atoms. The molecular formula is C13H16F3NO2S. The van der Waals surface area contributed by atoms with Gasteiger partial charge in [-0.05, 0) is 25.1 Å². The van der Waals surface area contributed by atoms with Crippen molar-refractivity contribution < 1.29 is 21.6 Å². The third-order valence-corrected chi connectivity index (χ3v) is 4.51. The maximum Gasteiger partial charge on any atom is 0.416 e. The smallest absolute Gasteiger partial charge is 0.207 e. The van der Waals surface area contributed by atoms with E-state index in [-0.39, 0.29) is 18.0 Å². The summed E-state index contributed by atoms with van der Waals surface area (Å²) in [6.45, 7) is 7.13. The summed E-state index contributed by atoms with van der Waals surface area (Å²) in [5.41, 5.74) is -0.368. The second-order valence-electron chi connectivity index (χ2n) is 4.41. The number of hydrogen-bond donors (Lipinski definition) is 0. The van der Waals surface area contributed by atoms with Crippen molar-refractivity contribution in [1.29, 1.82) is 0 Å². The third-order valence-electron chi connectivity index (χ3n) is 2.60. The summed E-state index contributed by atoms with van der Waals surface area (Å²) in [6, 6.07) is 3.74. The summed E-state index contributed by atoms with van der Waals surface area (Å²) in [6.07, 6.45) is -4.57. The zero-order chi connectivity index (χ0) is 15.6. The molecule has 0 bridgehead atoms. The molecule has 0 saturated carbocycles. The average molecular weight is 307 g/mol. The largest absolute Gasteiger partial charge is 0.416 e. The van der Waals surface area contributed by atoms with Crippen LogP contribution in [0.2, 0.25) is 0 Å². The number of alkyl halides is 3. The lowest BCUT2D eigenvalue weighted by Crippen LogP contribution is -2.32. The molecule has 1 aromatic carbocycles. The minimum atomic E-state index is -4.57. The molecule has 0 amide bonds. The lowest BCUT2D eigenvalue weighted by molar-refractivity contribution is -0.137. The molecule has 0 saturated heterocycles. The van der Waals surface area contributed by atoms with E-state index in [0.717, 1.165) is 22.5 Å². The van der Waals surface area contributed by atoms with Crippen LogP contribution in [0.4, 0.5) is 13.2 Å². The Hall–Kier alpha value is -1.34. The van der Waals surface area contributed by atoms with Crippen LogP contribution >= 0.6 is 0 Å². The number of benzene rings is 1. The number of nitrogens with zero attached hydrogens (tertiary/aromatic N) is 1. The first kappa shape index (κ1) is 16.7. The Morgan fingerprint density at radius 3 is 2.40 bits per heavy atom. The van der Waals surface area contributed by atoms with Gasteiger partial charge < -0.3 is 0 Å². The van der Waals surface area contributed by atoms with E-state index in [0.29, 0.717) is 11.6 Å². The maximum atomic E-state index is 12.6. The highest BCUT2D eigenvalue weighted by atomic mass is 32.2. The van der Waals surface area contributed by atoms with E-state index in [4.69, 9.17) is 0 Å². The lowest BCUT2D eigenvalue weighted by atomic mass is 10.2. The van der Waals surface area contributed by atoms with Crippen LogP contribution < -0.4 is 0 Å². The first-order valence-corrected chi connectivity index (χ1v) is 7.35. The zero-order valence-electron chi connectivity index (χ0n) is 11.2. The SMILES string of the molecule is C=C(C)CN(CC)S(=O)(=O)c1cccc(C(F)(F)F)c1. The third kappa shape index (κ3) is 3.83. The average Bonchev–Trinajstić information content (AvgIpc) is 2.34. The van der Waals surface area contributed by atoms with Gasteiger partial charge in [-0.2, -0.15) is 17.5 Å². The van der Waals surface area contributed by atoms with Crippen LogP contribution in [0.1, 0.15) is 19.4 Å². The first-order valence-electron chi connectivity index (χ1n) is 5.91. The standard InChI is InChI=1S/C13H16F3NO2S/c1-4-17(9-10(2)3)20(18,19)12-7-5-6-11(8-12)13(14,15)16/h5-8H,2,4,9H2,1,3H3. The highest BCUT2D eigenvalue weighted by molar-refractivity contribution is 7.89. The van der Waals surface area contributed by atoms with Gasteiger partial charge >= 0.3 is 6.18 Å². The number of likely N-dealkylation sites (N-methyl/N-ethyl adjacent to an activating group) is 1. The topological polar surface area (TPSA) is 37.4 Å². The molecule has 0 N–H and O–H groups in total. The second kappa shape index (κ2) is 5.97. The van der Waals surface area contributed by atoms with E-state index < -0.39 is 21.8 Å². The van der Waals surface area contributed by atoms with Crippen molar-refractivity contribution in [3.63, 3.8) is 0 Å². The summed E-state index contributed by atoms with van der Waals surface area (Å²) < 4.78 is 63.6. The molecule has 0 aliphatic carbocycles. The molecule has 7 heteroatoms. The normalized spacial score (nSPS) is 12.7. The quantitative estimate of drug-likeness (QED) is 0.783. The Morgan fingerprint density at radius 2 is 1.95 bits per heavy atom. The summed E-state index contributed by atoms with van der Waals surface area (Å²) in [7, 11) is -3.96. The van der Waals surface area contributed by atoms with Crippen LogP contribution in [-0.4, -0.2) is 25.8 Å². The van der Waals surface area contributed by atoms with E-state index in [9.17, 15) is 21.6 Å². The Kier molecular flexibility index (Phi) is 4.99. The van der Waals surface area contributed by atoms with Gasteiger partial charge in [-0.3, -0.25) is 0 Å². The van der Waals surface area contributed by atoms with Gasteiger partial charge in [-0.1, -0.05) is 25.1 Å². The number of hydrogen-bond acceptors (Lipinski definition) is 2. The molecule has 0 fully saturated rings. The lowest BCUT2D eigenvalue weighted by Gasteiger charge is -2.21. The molecule has 0 aliphatic heterocycles. The summed E-state index contributed by atoms with van der Waals surface area (Å²) in [5.74, 6) is 0. The number of halogens is 3. The van der Waals surface area contributed by atoms with Crippen molar-refractivity contribution in [2.75, 3.05) is 13.1 Å². The zero-order valence-corrected chi connectivity index (χ0v) is 12.1. The molecule has 0 unspecified atom stereocenters. The van der Waals surface area contributed by atoms with Crippen molar-refractivity contribution >= 4 is 10.0 Å². The highest BCUT2D eigenvalue weighted by Gasteiger charge is 2.32. The van der Waals surface area contributed by atoms with Crippen molar-refractivity contribution in [3.8, 4) is 0 Å². The van der Waals surface area contributed by atoms with Gasteiger partial charge in [0.2, 0.25) is 10.0 Å². The highest BCUT2D eigenvalue weighted by Crippen LogP contribution is 2.31. The molecule has 0 atom stereocenters. The first-order chi connectivity index (χ1) is 9.09. The summed E-state index contributed by atoms with van der Waals surface area (Å²) >= 11 is 0. The van der Waals surface area contributed by atoms with Gasteiger partial charge in [0.25, 0.3) is 0 Å². The molecule has 1 aromatic rings. The molecule has 0 radical (unpaired) electrons. The predicted octanol–water partition coefficient (Wildman–Crippen LogP) is 3.29. The number of rotatable bonds is 5. The fraction of sp³-hybridized carbons (Fsp3) is 0.385. The van der Waals surface area contributed by atoms with Crippen LogP contribution in [-0.2, 0) is 16.2 Å². The van der Waals surface area contributed by atoms with Crippen molar-refractivity contribution in [1.82, 2.24) is 4.31 Å². The van der Waals surface area contributed by atoms with Gasteiger partial charge in [0, 0.05) is 13.1 Å². The van der Waals surface area contributed by atoms with Gasteiger partial charge in [0.05, 0.1) is 10.5 Å². The fourth-order valence-electron chi connectivity index (χ4n) is 1.65. The van der Waals surface area contributed by atoms with E-state index >= 15 is 0 Å². The molecule has 112 valence electrons. The monoisotopic (exact) mass is 307 g/mol. The van der Waals surface area contributed by atoms with Crippen LogP contribution in [0.3, 0.4) is 0 Å².